The predicted octanol–water partition coefficient (Wildman–Crippen LogP) is 1.08. The first-order valence-corrected chi connectivity index (χ1v) is 7.34. The van der Waals surface area contributed by atoms with Crippen LogP contribution in [0.1, 0.15) is 39.0 Å². The molecule has 3 unspecified atom stereocenters. The molecule has 0 amide bonds. The third-order valence-corrected chi connectivity index (χ3v) is 5.20. The Morgan fingerprint density at radius 2 is 2.22 bits per heavy atom. The summed E-state index contributed by atoms with van der Waals surface area (Å²) in [5.74, 6) is 0. The molecule has 1 saturated heterocycles. The number of aliphatic hydroxyl groups is 1. The molecule has 3 aliphatic rings. The summed E-state index contributed by atoms with van der Waals surface area (Å²) in [7, 11) is 0. The summed E-state index contributed by atoms with van der Waals surface area (Å²) in [6, 6.07) is 0.535. The maximum atomic E-state index is 10.3. The van der Waals surface area contributed by atoms with Crippen molar-refractivity contribution in [3.05, 3.63) is 0 Å². The van der Waals surface area contributed by atoms with E-state index in [2.05, 4.69) is 12.2 Å². The first-order chi connectivity index (χ1) is 8.69. The molecule has 1 heterocycles. The van der Waals surface area contributed by atoms with Gasteiger partial charge in [-0.15, -0.1) is 0 Å². The highest BCUT2D eigenvalue weighted by molar-refractivity contribution is 5.12. The Balaban J connectivity index is 1.52. The summed E-state index contributed by atoms with van der Waals surface area (Å²) in [6.45, 7) is 4.73. The lowest BCUT2D eigenvalue weighted by atomic mass is 9.51. The van der Waals surface area contributed by atoms with Crippen LogP contribution >= 0.6 is 0 Å². The summed E-state index contributed by atoms with van der Waals surface area (Å²) >= 11 is 0. The van der Waals surface area contributed by atoms with Crippen LogP contribution < -0.4 is 5.32 Å². The van der Waals surface area contributed by atoms with Crippen LogP contribution in [0, 0.1) is 5.41 Å². The molecule has 2 aliphatic carbocycles. The molecule has 0 aromatic rings. The van der Waals surface area contributed by atoms with Crippen molar-refractivity contribution in [1.82, 2.24) is 5.32 Å². The summed E-state index contributed by atoms with van der Waals surface area (Å²) in [5, 5.41) is 13.8. The molecule has 0 radical (unpaired) electrons. The first kappa shape index (κ1) is 12.9. The lowest BCUT2D eigenvalue weighted by Crippen LogP contribution is -2.68. The fraction of sp³-hybridized carbons (Fsp3) is 1.00. The van der Waals surface area contributed by atoms with Crippen molar-refractivity contribution in [2.75, 3.05) is 26.4 Å². The normalized spacial score (nSPS) is 41.7. The highest BCUT2D eigenvalue weighted by atomic mass is 16.5. The number of rotatable bonds is 5. The van der Waals surface area contributed by atoms with Gasteiger partial charge in [0.2, 0.25) is 0 Å². The molecule has 3 atom stereocenters. The van der Waals surface area contributed by atoms with Gasteiger partial charge in [0, 0.05) is 37.6 Å². The van der Waals surface area contributed by atoms with E-state index in [4.69, 9.17) is 9.47 Å². The molecule has 0 bridgehead atoms. The molecular formula is C14H25NO3. The van der Waals surface area contributed by atoms with Crippen molar-refractivity contribution >= 4 is 0 Å². The van der Waals surface area contributed by atoms with Crippen LogP contribution in [-0.2, 0) is 9.47 Å². The van der Waals surface area contributed by atoms with E-state index in [0.717, 1.165) is 19.4 Å². The summed E-state index contributed by atoms with van der Waals surface area (Å²) < 4.78 is 11.1. The second-order valence-corrected chi connectivity index (χ2v) is 6.23. The van der Waals surface area contributed by atoms with Crippen molar-refractivity contribution in [3.8, 4) is 0 Å². The Kier molecular flexibility index (Phi) is 3.39. The maximum Gasteiger partial charge on any atom is 0.102 e. The summed E-state index contributed by atoms with van der Waals surface area (Å²) in [5.41, 5.74) is -0.256. The van der Waals surface area contributed by atoms with E-state index in [0.29, 0.717) is 37.3 Å². The lowest BCUT2D eigenvalue weighted by Gasteiger charge is -2.61. The Hall–Kier alpha value is -0.160. The van der Waals surface area contributed by atoms with Crippen molar-refractivity contribution in [2.24, 2.45) is 5.41 Å². The lowest BCUT2D eigenvalue weighted by molar-refractivity contribution is -0.175. The molecule has 104 valence electrons. The summed E-state index contributed by atoms with van der Waals surface area (Å²) in [6.07, 6.45) is 6.20. The van der Waals surface area contributed by atoms with Crippen LogP contribution in [0.2, 0.25) is 0 Å². The molecule has 4 heteroatoms. The minimum Gasteiger partial charge on any atom is -0.386 e. The molecule has 0 aromatic carbocycles. The van der Waals surface area contributed by atoms with Crippen LogP contribution in [0.3, 0.4) is 0 Å². The number of nitrogens with one attached hydrogen (secondary N) is 1. The van der Waals surface area contributed by atoms with Crippen LogP contribution in [0.25, 0.3) is 0 Å². The Morgan fingerprint density at radius 1 is 1.39 bits per heavy atom. The highest BCUT2D eigenvalue weighted by Crippen LogP contribution is 2.57. The maximum absolute atomic E-state index is 10.3. The standard InChI is InChI=1S/C14H25NO3/c1-2-18-12-8-11(14(12)4-3-5-14)15-9-13(16)6-7-17-10-13/h11-12,15-16H,2-10H2,1H3. The van der Waals surface area contributed by atoms with Gasteiger partial charge in [0.1, 0.15) is 5.60 Å². The smallest absolute Gasteiger partial charge is 0.102 e. The predicted molar refractivity (Wildman–Crippen MR) is 68.5 cm³/mol. The third kappa shape index (κ3) is 1.99. The van der Waals surface area contributed by atoms with E-state index in [1.165, 1.54) is 19.3 Å². The number of hydrogen-bond acceptors (Lipinski definition) is 4. The van der Waals surface area contributed by atoms with Gasteiger partial charge in [0.25, 0.3) is 0 Å². The molecule has 4 nitrogen and oxygen atoms in total. The van der Waals surface area contributed by atoms with Crippen molar-refractivity contribution in [3.63, 3.8) is 0 Å². The zero-order chi connectivity index (χ0) is 12.6. The molecule has 1 aliphatic heterocycles. The Labute approximate surface area is 109 Å². The van der Waals surface area contributed by atoms with E-state index in [9.17, 15) is 5.11 Å². The topological polar surface area (TPSA) is 50.7 Å². The van der Waals surface area contributed by atoms with Crippen LogP contribution in [0.15, 0.2) is 0 Å². The van der Waals surface area contributed by atoms with Gasteiger partial charge in [-0.2, -0.15) is 0 Å². The molecule has 0 aromatic heterocycles. The highest BCUT2D eigenvalue weighted by Gasteiger charge is 2.58. The number of hydrogen-bond donors (Lipinski definition) is 2. The van der Waals surface area contributed by atoms with Gasteiger partial charge in [-0.25, -0.2) is 0 Å². The van der Waals surface area contributed by atoms with E-state index in [1.807, 2.05) is 0 Å². The molecular weight excluding hydrogens is 230 g/mol. The molecule has 2 N–H and O–H groups in total. The fourth-order valence-electron chi connectivity index (χ4n) is 3.77. The van der Waals surface area contributed by atoms with Crippen molar-refractivity contribution < 1.29 is 14.6 Å². The van der Waals surface area contributed by atoms with Crippen LogP contribution in [0.5, 0.6) is 0 Å². The van der Waals surface area contributed by atoms with E-state index in [1.54, 1.807) is 0 Å². The second-order valence-electron chi connectivity index (χ2n) is 6.23. The largest absolute Gasteiger partial charge is 0.386 e. The Morgan fingerprint density at radius 3 is 2.78 bits per heavy atom. The van der Waals surface area contributed by atoms with E-state index in [-0.39, 0.29) is 0 Å². The monoisotopic (exact) mass is 255 g/mol. The van der Waals surface area contributed by atoms with E-state index >= 15 is 0 Å². The Bertz CT molecular complexity index is 297. The van der Waals surface area contributed by atoms with Crippen LogP contribution in [-0.4, -0.2) is 49.2 Å². The minimum absolute atomic E-state index is 0.381. The quantitative estimate of drug-likeness (QED) is 0.772. The van der Waals surface area contributed by atoms with Crippen molar-refractivity contribution in [1.29, 1.82) is 0 Å². The van der Waals surface area contributed by atoms with Gasteiger partial charge >= 0.3 is 0 Å². The average molecular weight is 255 g/mol. The molecule has 1 spiro atoms. The average Bonchev–Trinajstić information content (AvgIpc) is 2.67. The van der Waals surface area contributed by atoms with Crippen molar-refractivity contribution in [2.45, 2.75) is 56.8 Å². The summed E-state index contributed by atoms with van der Waals surface area (Å²) in [4.78, 5) is 0. The second kappa shape index (κ2) is 4.75. The molecule has 3 rings (SSSR count). The fourth-order valence-corrected chi connectivity index (χ4v) is 3.77. The molecule has 2 saturated carbocycles. The third-order valence-electron chi connectivity index (χ3n) is 5.20. The minimum atomic E-state index is -0.637. The zero-order valence-corrected chi connectivity index (χ0v) is 11.3. The zero-order valence-electron chi connectivity index (χ0n) is 11.3. The first-order valence-electron chi connectivity index (χ1n) is 7.34. The van der Waals surface area contributed by atoms with Gasteiger partial charge in [0.15, 0.2) is 0 Å². The van der Waals surface area contributed by atoms with Crippen LogP contribution in [0.4, 0.5) is 0 Å². The van der Waals surface area contributed by atoms with Gasteiger partial charge in [-0.3, -0.25) is 0 Å². The van der Waals surface area contributed by atoms with Gasteiger partial charge in [-0.1, -0.05) is 6.42 Å². The van der Waals surface area contributed by atoms with E-state index < -0.39 is 5.60 Å². The van der Waals surface area contributed by atoms with Gasteiger partial charge < -0.3 is 19.9 Å². The number of ether oxygens (including phenoxy) is 2. The molecule has 18 heavy (non-hydrogen) atoms. The SMILES string of the molecule is CCOC1CC(NCC2(O)CCOC2)C12CCC2. The van der Waals surface area contributed by atoms with Gasteiger partial charge in [0.05, 0.1) is 12.7 Å². The van der Waals surface area contributed by atoms with Gasteiger partial charge in [-0.05, 0) is 26.2 Å². The molecule has 3 fully saturated rings.